The molecule has 1 aromatic rings. The summed E-state index contributed by atoms with van der Waals surface area (Å²) in [6, 6.07) is 8.74. The molecule has 7 rings (SSSR count). The Balaban J connectivity index is 1.03. The molecule has 0 radical (unpaired) electrons. The highest BCUT2D eigenvalue weighted by molar-refractivity contribution is 6.00. The van der Waals surface area contributed by atoms with Crippen molar-refractivity contribution in [3.8, 4) is 0 Å². The van der Waals surface area contributed by atoms with Crippen molar-refractivity contribution in [1.82, 2.24) is 20.4 Å². The van der Waals surface area contributed by atoms with E-state index in [9.17, 15) is 9.59 Å². The standard InChI is InChI=1S/C44H70N8O2/c53-41(39-28-13-15-30-51(39)43(47-33-18-5-1-6-19-33)48-34-20-7-2-8-21-34)45-37-26-17-27-38(32-37)46-42(54)40-29-14-16-31-52(40)44(49-35-22-9-3-10-23-35)50-36-24-11-4-12-25-36/h17,26-27,32-36,39-40H,1-16,18-25,28-31H2,(H,45,53)(H,46,54)(H,47,48)(H,49,50)/t39-,40-/m0/s1. The Morgan fingerprint density at radius 1 is 0.481 bits per heavy atom. The molecule has 10 heteroatoms. The predicted octanol–water partition coefficient (Wildman–Crippen LogP) is 8.49. The number of carbonyl (C=O) groups excluding carboxylic acids is 2. The largest absolute Gasteiger partial charge is 0.353 e. The van der Waals surface area contributed by atoms with Gasteiger partial charge in [0.2, 0.25) is 11.8 Å². The van der Waals surface area contributed by atoms with Crippen LogP contribution in [-0.2, 0) is 9.59 Å². The van der Waals surface area contributed by atoms with E-state index in [1.165, 1.54) is 103 Å². The summed E-state index contributed by atoms with van der Waals surface area (Å²) in [5.74, 6) is 1.93. The van der Waals surface area contributed by atoms with Crippen LogP contribution < -0.4 is 21.3 Å². The summed E-state index contributed by atoms with van der Waals surface area (Å²) in [5, 5.41) is 14.3. The maximum absolute atomic E-state index is 14.1. The van der Waals surface area contributed by atoms with Crippen molar-refractivity contribution >= 4 is 35.1 Å². The minimum Gasteiger partial charge on any atom is -0.353 e. The van der Waals surface area contributed by atoms with Crippen LogP contribution in [0.3, 0.4) is 0 Å². The summed E-state index contributed by atoms with van der Waals surface area (Å²) >= 11 is 0. The second-order valence-electron chi connectivity index (χ2n) is 17.4. The third-order valence-corrected chi connectivity index (χ3v) is 13.2. The molecule has 0 bridgehead atoms. The third-order valence-electron chi connectivity index (χ3n) is 13.2. The van der Waals surface area contributed by atoms with E-state index in [1.54, 1.807) is 0 Å². The summed E-state index contributed by atoms with van der Waals surface area (Å²) < 4.78 is 0. The van der Waals surface area contributed by atoms with E-state index in [0.717, 1.165) is 89.2 Å². The first-order chi connectivity index (χ1) is 26.6. The molecule has 0 unspecified atom stereocenters. The van der Waals surface area contributed by atoms with Crippen LogP contribution in [0.1, 0.15) is 167 Å². The van der Waals surface area contributed by atoms with Gasteiger partial charge in [-0.05, 0) is 108 Å². The highest BCUT2D eigenvalue weighted by Crippen LogP contribution is 2.28. The van der Waals surface area contributed by atoms with E-state index >= 15 is 0 Å². The van der Waals surface area contributed by atoms with Crippen LogP contribution >= 0.6 is 0 Å². The summed E-state index contributed by atoms with van der Waals surface area (Å²) in [7, 11) is 0. The lowest BCUT2D eigenvalue weighted by molar-refractivity contribution is -0.121. The number of nitrogens with one attached hydrogen (secondary N) is 4. The quantitative estimate of drug-likeness (QED) is 0.157. The van der Waals surface area contributed by atoms with E-state index in [2.05, 4.69) is 31.1 Å². The minimum absolute atomic E-state index is 0.00998. The molecular weight excluding hydrogens is 673 g/mol. The van der Waals surface area contributed by atoms with Crippen molar-refractivity contribution in [1.29, 1.82) is 0 Å². The number of anilines is 2. The van der Waals surface area contributed by atoms with Gasteiger partial charge < -0.3 is 31.1 Å². The van der Waals surface area contributed by atoms with Gasteiger partial charge in [0.25, 0.3) is 0 Å². The molecule has 2 heterocycles. The average Bonchev–Trinajstić information content (AvgIpc) is 3.22. The Kier molecular flexibility index (Phi) is 14.5. The summed E-state index contributed by atoms with van der Waals surface area (Å²) in [5.41, 5.74) is 1.43. The lowest BCUT2D eigenvalue weighted by atomic mass is 9.95. The molecule has 54 heavy (non-hydrogen) atoms. The molecule has 4 saturated carbocycles. The molecule has 2 saturated heterocycles. The highest BCUT2D eigenvalue weighted by Gasteiger charge is 2.35. The number of likely N-dealkylation sites (tertiary alicyclic amines) is 2. The second-order valence-corrected chi connectivity index (χ2v) is 17.4. The molecule has 2 aliphatic heterocycles. The molecule has 1 aromatic carbocycles. The Hall–Kier alpha value is -3.30. The van der Waals surface area contributed by atoms with Gasteiger partial charge in [-0.1, -0.05) is 83.1 Å². The van der Waals surface area contributed by atoms with Crippen LogP contribution in [0.25, 0.3) is 0 Å². The first-order valence-corrected chi connectivity index (χ1v) is 22.5. The van der Waals surface area contributed by atoms with E-state index in [4.69, 9.17) is 9.98 Å². The summed E-state index contributed by atoms with van der Waals surface area (Å²) in [4.78, 5) is 43.6. The van der Waals surface area contributed by atoms with E-state index in [0.29, 0.717) is 35.5 Å². The Morgan fingerprint density at radius 2 is 0.852 bits per heavy atom. The molecule has 6 aliphatic rings. The van der Waals surface area contributed by atoms with Gasteiger partial charge in [0.05, 0.1) is 12.1 Å². The van der Waals surface area contributed by atoms with E-state index in [1.807, 2.05) is 24.3 Å². The van der Waals surface area contributed by atoms with Gasteiger partial charge in [0.15, 0.2) is 11.9 Å². The number of piperidine rings is 2. The third kappa shape index (κ3) is 10.9. The topological polar surface area (TPSA) is 113 Å². The van der Waals surface area contributed by atoms with Crippen LogP contribution in [0, 0.1) is 0 Å². The van der Waals surface area contributed by atoms with E-state index < -0.39 is 0 Å². The first kappa shape index (κ1) is 39.0. The van der Waals surface area contributed by atoms with Gasteiger partial charge in [-0.3, -0.25) is 9.59 Å². The maximum Gasteiger partial charge on any atom is 0.247 e. The van der Waals surface area contributed by atoms with Gasteiger partial charge in [-0.2, -0.15) is 0 Å². The monoisotopic (exact) mass is 743 g/mol. The second kappa shape index (κ2) is 20.0. The number of carbonyl (C=O) groups is 2. The summed E-state index contributed by atoms with van der Waals surface area (Å²) in [6.07, 6.45) is 30.4. The lowest BCUT2D eigenvalue weighted by Gasteiger charge is -2.39. The van der Waals surface area contributed by atoms with Crippen molar-refractivity contribution in [2.45, 2.75) is 203 Å². The highest BCUT2D eigenvalue weighted by atomic mass is 16.2. The molecular formula is C44H70N8O2. The molecule has 2 amide bonds. The van der Waals surface area contributed by atoms with Crippen LogP contribution in [0.5, 0.6) is 0 Å². The van der Waals surface area contributed by atoms with E-state index in [-0.39, 0.29) is 23.9 Å². The number of amides is 2. The fourth-order valence-electron chi connectivity index (χ4n) is 10.1. The first-order valence-electron chi connectivity index (χ1n) is 22.5. The maximum atomic E-state index is 14.1. The number of rotatable bonds is 8. The van der Waals surface area contributed by atoms with Crippen molar-refractivity contribution in [3.05, 3.63) is 24.3 Å². The molecule has 10 nitrogen and oxygen atoms in total. The normalized spacial score (nSPS) is 26.3. The Bertz CT molecular complexity index is 1310. The molecule has 4 aliphatic carbocycles. The number of benzene rings is 1. The molecule has 298 valence electrons. The van der Waals surface area contributed by atoms with Crippen molar-refractivity contribution in [2.24, 2.45) is 9.98 Å². The Morgan fingerprint density at radius 3 is 1.26 bits per heavy atom. The Labute approximate surface area is 325 Å². The minimum atomic E-state index is -0.273. The van der Waals surface area contributed by atoms with Crippen LogP contribution in [0.2, 0.25) is 0 Å². The van der Waals surface area contributed by atoms with Gasteiger partial charge in [0.1, 0.15) is 12.1 Å². The predicted molar refractivity (Wildman–Crippen MR) is 221 cm³/mol. The molecule has 4 N–H and O–H groups in total. The van der Waals surface area contributed by atoms with Crippen molar-refractivity contribution in [3.63, 3.8) is 0 Å². The molecule has 0 aromatic heterocycles. The summed E-state index contributed by atoms with van der Waals surface area (Å²) in [6.45, 7) is 1.69. The zero-order chi connectivity index (χ0) is 37.0. The zero-order valence-corrected chi connectivity index (χ0v) is 33.2. The number of hydrogen-bond donors (Lipinski definition) is 4. The van der Waals surface area contributed by atoms with Crippen LogP contribution in [0.4, 0.5) is 11.4 Å². The van der Waals surface area contributed by atoms with Crippen LogP contribution in [0.15, 0.2) is 34.3 Å². The van der Waals surface area contributed by atoms with Gasteiger partial charge in [0, 0.05) is 36.5 Å². The van der Waals surface area contributed by atoms with Crippen molar-refractivity contribution in [2.75, 3.05) is 23.7 Å². The SMILES string of the molecule is O=C(Nc1cccc(NC(=O)[C@@H]2CCCCN2C(=NC2CCCCC2)NC2CCCCC2)c1)[C@@H]1CCCCN1C(=NC1CCCCC1)NC1CCCCC1. The number of nitrogens with zero attached hydrogens (tertiary/aromatic N) is 4. The fourth-order valence-corrected chi connectivity index (χ4v) is 10.1. The zero-order valence-electron chi connectivity index (χ0n) is 33.2. The van der Waals surface area contributed by atoms with Gasteiger partial charge in [-0.25, -0.2) is 9.98 Å². The van der Waals surface area contributed by atoms with Gasteiger partial charge >= 0.3 is 0 Å². The molecule has 6 fully saturated rings. The van der Waals surface area contributed by atoms with Crippen molar-refractivity contribution < 1.29 is 9.59 Å². The number of guanidine groups is 2. The lowest BCUT2D eigenvalue weighted by Crippen LogP contribution is -2.56. The smallest absolute Gasteiger partial charge is 0.247 e. The van der Waals surface area contributed by atoms with Gasteiger partial charge in [-0.15, -0.1) is 0 Å². The van der Waals surface area contributed by atoms with Crippen LogP contribution in [-0.4, -0.2) is 82.9 Å². The molecule has 2 atom stereocenters. The average molecular weight is 743 g/mol. The molecule has 0 spiro atoms. The fraction of sp³-hybridized carbons (Fsp3) is 0.773. The number of hydrogen-bond acceptors (Lipinski definition) is 4. The number of aliphatic imine (C=N–C) groups is 2.